The van der Waals surface area contributed by atoms with Gasteiger partial charge in [-0.3, -0.25) is 0 Å². The Bertz CT molecular complexity index is 555. The molecule has 0 amide bonds. The van der Waals surface area contributed by atoms with E-state index >= 15 is 0 Å². The van der Waals surface area contributed by atoms with Gasteiger partial charge in [0.05, 0.1) is 0 Å². The zero-order chi connectivity index (χ0) is 13.1. The summed E-state index contributed by atoms with van der Waals surface area (Å²) < 4.78 is 5.59. The van der Waals surface area contributed by atoms with Crippen LogP contribution in [0.15, 0.2) is 24.3 Å². The van der Waals surface area contributed by atoms with Gasteiger partial charge in [0.25, 0.3) is 0 Å². The Morgan fingerprint density at radius 3 is 2.33 bits per heavy atom. The zero-order valence-corrected chi connectivity index (χ0v) is 11.7. The van der Waals surface area contributed by atoms with Crippen LogP contribution in [0.1, 0.15) is 11.4 Å². The van der Waals surface area contributed by atoms with Gasteiger partial charge in [-0.05, 0) is 30.7 Å². The highest BCUT2D eigenvalue weighted by molar-refractivity contribution is 6.33. The topological polar surface area (TPSA) is 35.0 Å². The van der Waals surface area contributed by atoms with Crippen LogP contribution in [0.2, 0.25) is 15.3 Å². The first-order valence-electron chi connectivity index (χ1n) is 5.12. The molecule has 1 aromatic heterocycles. The summed E-state index contributed by atoms with van der Waals surface area (Å²) in [5.74, 6) is 1.15. The molecule has 18 heavy (non-hydrogen) atoms. The van der Waals surface area contributed by atoms with Crippen LogP contribution in [0.25, 0.3) is 0 Å². The standard InChI is InChI=1S/C12H9Cl3N2O/c1-7-4-8(13)2-3-9(7)18-6-12-16-10(14)5-11(15)17-12/h2-5H,6H2,1H3. The molecule has 6 heteroatoms. The Balaban J connectivity index is 2.11. The average molecular weight is 304 g/mol. The van der Waals surface area contributed by atoms with Gasteiger partial charge in [0.2, 0.25) is 0 Å². The van der Waals surface area contributed by atoms with Gasteiger partial charge in [0, 0.05) is 11.1 Å². The third-order valence-corrected chi connectivity index (χ3v) is 2.83. The summed E-state index contributed by atoms with van der Waals surface area (Å²) in [5, 5.41) is 1.25. The van der Waals surface area contributed by atoms with E-state index < -0.39 is 0 Å². The molecule has 0 aliphatic heterocycles. The number of aryl methyl sites for hydroxylation is 1. The number of hydrogen-bond acceptors (Lipinski definition) is 3. The second-order valence-corrected chi connectivity index (χ2v) is 4.84. The highest BCUT2D eigenvalue weighted by Crippen LogP contribution is 2.22. The molecular formula is C12H9Cl3N2O. The molecule has 3 nitrogen and oxygen atoms in total. The third kappa shape index (κ3) is 3.48. The molecule has 94 valence electrons. The Hall–Kier alpha value is -1.03. The number of aromatic nitrogens is 2. The molecule has 0 bridgehead atoms. The minimum atomic E-state index is 0.197. The summed E-state index contributed by atoms with van der Waals surface area (Å²) in [7, 11) is 0. The minimum absolute atomic E-state index is 0.197. The molecule has 2 rings (SSSR count). The quantitative estimate of drug-likeness (QED) is 0.792. The van der Waals surface area contributed by atoms with Gasteiger partial charge in [-0.1, -0.05) is 34.8 Å². The lowest BCUT2D eigenvalue weighted by atomic mass is 10.2. The number of hydrogen-bond donors (Lipinski definition) is 0. The molecule has 1 aromatic carbocycles. The molecule has 0 N–H and O–H groups in total. The van der Waals surface area contributed by atoms with Crippen molar-refractivity contribution in [2.45, 2.75) is 13.5 Å². The number of halogens is 3. The molecule has 0 aliphatic rings. The first kappa shape index (κ1) is 13.4. The van der Waals surface area contributed by atoms with Crippen LogP contribution in [0.4, 0.5) is 0 Å². The number of nitrogens with zero attached hydrogens (tertiary/aromatic N) is 2. The predicted molar refractivity (Wildman–Crippen MR) is 72.6 cm³/mol. The van der Waals surface area contributed by atoms with E-state index in [9.17, 15) is 0 Å². The minimum Gasteiger partial charge on any atom is -0.485 e. The third-order valence-electron chi connectivity index (χ3n) is 2.20. The van der Waals surface area contributed by atoms with Gasteiger partial charge >= 0.3 is 0 Å². The maximum Gasteiger partial charge on any atom is 0.169 e. The summed E-state index contributed by atoms with van der Waals surface area (Å²) in [6, 6.07) is 6.85. The maximum absolute atomic E-state index is 5.86. The Morgan fingerprint density at radius 2 is 1.72 bits per heavy atom. The fraction of sp³-hybridized carbons (Fsp3) is 0.167. The van der Waals surface area contributed by atoms with Crippen LogP contribution in [0, 0.1) is 6.92 Å². The lowest BCUT2D eigenvalue weighted by Gasteiger charge is -2.08. The summed E-state index contributed by atoms with van der Waals surface area (Å²) >= 11 is 17.4. The van der Waals surface area contributed by atoms with Crippen molar-refractivity contribution in [2.24, 2.45) is 0 Å². The van der Waals surface area contributed by atoms with E-state index in [1.807, 2.05) is 13.0 Å². The average Bonchev–Trinajstić information content (AvgIpc) is 2.26. The van der Waals surface area contributed by atoms with Crippen molar-refractivity contribution in [3.8, 4) is 5.75 Å². The first-order valence-corrected chi connectivity index (χ1v) is 6.26. The Labute approximate surface area is 120 Å². The van der Waals surface area contributed by atoms with E-state index in [2.05, 4.69) is 9.97 Å². The van der Waals surface area contributed by atoms with Crippen LogP contribution in [0.3, 0.4) is 0 Å². The van der Waals surface area contributed by atoms with Gasteiger partial charge in [-0.15, -0.1) is 0 Å². The molecule has 0 spiro atoms. The van der Waals surface area contributed by atoms with Crippen molar-refractivity contribution in [3.63, 3.8) is 0 Å². The van der Waals surface area contributed by atoms with Crippen molar-refractivity contribution in [3.05, 3.63) is 51.0 Å². The molecule has 0 radical (unpaired) electrons. The molecule has 0 saturated carbocycles. The normalized spacial score (nSPS) is 10.4. The van der Waals surface area contributed by atoms with Crippen LogP contribution in [0.5, 0.6) is 5.75 Å². The zero-order valence-electron chi connectivity index (χ0n) is 9.45. The maximum atomic E-state index is 5.86. The fourth-order valence-electron chi connectivity index (χ4n) is 1.42. The molecule has 0 aliphatic carbocycles. The monoisotopic (exact) mass is 302 g/mol. The molecule has 0 fully saturated rings. The van der Waals surface area contributed by atoms with E-state index in [1.165, 1.54) is 6.07 Å². The van der Waals surface area contributed by atoms with Crippen molar-refractivity contribution >= 4 is 34.8 Å². The summed E-state index contributed by atoms with van der Waals surface area (Å²) in [4.78, 5) is 8.03. The second kappa shape index (κ2) is 5.74. The first-order chi connectivity index (χ1) is 8.54. The molecule has 2 aromatic rings. The van der Waals surface area contributed by atoms with Gasteiger partial charge in [0.1, 0.15) is 22.7 Å². The van der Waals surface area contributed by atoms with Crippen LogP contribution in [-0.2, 0) is 6.61 Å². The predicted octanol–water partition coefficient (Wildman–Crippen LogP) is 4.32. The van der Waals surface area contributed by atoms with Gasteiger partial charge in [-0.2, -0.15) is 0 Å². The summed E-state index contributed by atoms with van der Waals surface area (Å²) in [5.41, 5.74) is 0.940. The molecular weight excluding hydrogens is 295 g/mol. The van der Waals surface area contributed by atoms with Crippen LogP contribution in [-0.4, -0.2) is 9.97 Å². The number of ether oxygens (including phenoxy) is 1. The summed E-state index contributed by atoms with van der Waals surface area (Å²) in [6.45, 7) is 2.11. The smallest absolute Gasteiger partial charge is 0.169 e. The van der Waals surface area contributed by atoms with E-state index in [0.717, 1.165) is 11.3 Å². The molecule has 0 unspecified atom stereocenters. The van der Waals surface area contributed by atoms with Crippen LogP contribution >= 0.6 is 34.8 Å². The highest BCUT2D eigenvalue weighted by atomic mass is 35.5. The van der Waals surface area contributed by atoms with E-state index in [-0.39, 0.29) is 6.61 Å². The van der Waals surface area contributed by atoms with E-state index in [0.29, 0.717) is 21.2 Å². The van der Waals surface area contributed by atoms with Crippen LogP contribution < -0.4 is 4.74 Å². The van der Waals surface area contributed by atoms with E-state index in [4.69, 9.17) is 39.5 Å². The van der Waals surface area contributed by atoms with Crippen molar-refractivity contribution < 1.29 is 4.74 Å². The van der Waals surface area contributed by atoms with Gasteiger partial charge in [0.15, 0.2) is 5.82 Å². The highest BCUT2D eigenvalue weighted by Gasteiger charge is 2.05. The molecule has 0 atom stereocenters. The van der Waals surface area contributed by atoms with Crippen molar-refractivity contribution in [2.75, 3.05) is 0 Å². The largest absolute Gasteiger partial charge is 0.485 e. The fourth-order valence-corrected chi connectivity index (χ4v) is 2.10. The van der Waals surface area contributed by atoms with Crippen molar-refractivity contribution in [1.29, 1.82) is 0 Å². The SMILES string of the molecule is Cc1cc(Cl)ccc1OCc1nc(Cl)cc(Cl)n1. The second-order valence-electron chi connectivity index (χ2n) is 3.63. The Morgan fingerprint density at radius 1 is 1.06 bits per heavy atom. The van der Waals surface area contributed by atoms with E-state index in [1.54, 1.807) is 12.1 Å². The Kier molecular flexibility index (Phi) is 4.27. The number of benzene rings is 1. The number of rotatable bonds is 3. The lowest BCUT2D eigenvalue weighted by molar-refractivity contribution is 0.294. The van der Waals surface area contributed by atoms with Gasteiger partial charge < -0.3 is 4.74 Å². The van der Waals surface area contributed by atoms with Gasteiger partial charge in [-0.25, -0.2) is 9.97 Å². The molecule has 1 heterocycles. The van der Waals surface area contributed by atoms with Crippen molar-refractivity contribution in [1.82, 2.24) is 9.97 Å². The lowest BCUT2D eigenvalue weighted by Crippen LogP contribution is -2.02. The summed E-state index contributed by atoms with van der Waals surface area (Å²) in [6.07, 6.45) is 0. The molecule has 0 saturated heterocycles.